The summed E-state index contributed by atoms with van der Waals surface area (Å²) >= 11 is 1.79. The van der Waals surface area contributed by atoms with Crippen molar-refractivity contribution < 1.29 is 0 Å². The van der Waals surface area contributed by atoms with Crippen LogP contribution in [-0.4, -0.2) is 15.0 Å². The van der Waals surface area contributed by atoms with Crippen LogP contribution in [0.3, 0.4) is 0 Å². The van der Waals surface area contributed by atoms with Gasteiger partial charge in [-0.2, -0.15) is 0 Å². The fourth-order valence-electron chi connectivity index (χ4n) is 9.03. The van der Waals surface area contributed by atoms with E-state index in [4.69, 9.17) is 15.0 Å². The van der Waals surface area contributed by atoms with Crippen LogP contribution in [0.4, 0.5) is 0 Å². The molecule has 0 radical (unpaired) electrons. The SMILES string of the molecule is c1ccc(-c2ccc(-c3nc(-c4ccc(-c5cc6ccccc6c6ccccc56)c5ccccc45)nc(-c4cccc5c4sc4ccccc45)n3)c3ccccc23)cc1. The summed E-state index contributed by atoms with van der Waals surface area (Å²) in [7, 11) is 0. The lowest BCUT2D eigenvalue weighted by atomic mass is 9.89. The molecule has 274 valence electrons. The molecule has 2 heterocycles. The summed E-state index contributed by atoms with van der Waals surface area (Å²) < 4.78 is 2.42. The summed E-state index contributed by atoms with van der Waals surface area (Å²) in [5.74, 6) is 1.95. The first-order valence-electron chi connectivity index (χ1n) is 19.9. The largest absolute Gasteiger partial charge is 0.208 e. The average molecular weight is 768 g/mol. The Morgan fingerprint density at radius 1 is 0.271 bits per heavy atom. The van der Waals surface area contributed by atoms with Crippen molar-refractivity contribution in [1.82, 2.24) is 15.0 Å². The van der Waals surface area contributed by atoms with Gasteiger partial charge in [0.1, 0.15) is 0 Å². The predicted molar refractivity (Wildman–Crippen MR) is 250 cm³/mol. The Morgan fingerprint density at radius 3 is 1.41 bits per heavy atom. The van der Waals surface area contributed by atoms with Crippen molar-refractivity contribution in [1.29, 1.82) is 0 Å². The number of thiophene rings is 1. The van der Waals surface area contributed by atoms with E-state index in [2.05, 4.69) is 200 Å². The molecule has 3 nitrogen and oxygen atoms in total. The lowest BCUT2D eigenvalue weighted by Crippen LogP contribution is -2.01. The van der Waals surface area contributed by atoms with Crippen LogP contribution in [0.5, 0.6) is 0 Å². The zero-order valence-electron chi connectivity index (χ0n) is 31.8. The maximum atomic E-state index is 5.40. The maximum absolute atomic E-state index is 5.40. The molecule has 12 rings (SSSR count). The molecule has 0 fully saturated rings. The summed E-state index contributed by atoms with van der Waals surface area (Å²) in [6.45, 7) is 0. The smallest absolute Gasteiger partial charge is 0.165 e. The van der Waals surface area contributed by atoms with Crippen molar-refractivity contribution in [2.45, 2.75) is 0 Å². The van der Waals surface area contributed by atoms with E-state index in [0.29, 0.717) is 17.5 Å². The monoisotopic (exact) mass is 767 g/mol. The highest BCUT2D eigenvalue weighted by molar-refractivity contribution is 7.26. The van der Waals surface area contributed by atoms with E-state index < -0.39 is 0 Å². The van der Waals surface area contributed by atoms with E-state index in [1.165, 1.54) is 64.0 Å². The molecule has 0 aliphatic carbocycles. The zero-order chi connectivity index (χ0) is 38.9. The van der Waals surface area contributed by atoms with Crippen LogP contribution >= 0.6 is 11.3 Å². The number of hydrogen-bond acceptors (Lipinski definition) is 4. The van der Waals surface area contributed by atoms with Crippen LogP contribution in [-0.2, 0) is 0 Å². The van der Waals surface area contributed by atoms with Crippen LogP contribution in [0.25, 0.3) is 120 Å². The van der Waals surface area contributed by atoms with E-state index in [1.54, 1.807) is 11.3 Å². The third kappa shape index (κ3) is 5.45. The summed E-state index contributed by atoms with van der Waals surface area (Å²) in [6.07, 6.45) is 0. The van der Waals surface area contributed by atoms with E-state index in [9.17, 15) is 0 Å². The highest BCUT2D eigenvalue weighted by Gasteiger charge is 2.21. The average Bonchev–Trinajstić information content (AvgIpc) is 3.70. The number of fused-ring (bicyclic) bond motifs is 8. The van der Waals surface area contributed by atoms with E-state index in [1.807, 2.05) is 0 Å². The number of rotatable bonds is 5. The van der Waals surface area contributed by atoms with Crippen molar-refractivity contribution in [3.8, 4) is 56.4 Å². The van der Waals surface area contributed by atoms with Gasteiger partial charge in [0.05, 0.1) is 0 Å². The van der Waals surface area contributed by atoms with Crippen LogP contribution in [0.15, 0.2) is 200 Å². The first kappa shape index (κ1) is 33.6. The molecule has 0 aliphatic rings. The molecule has 0 atom stereocenters. The summed E-state index contributed by atoms with van der Waals surface area (Å²) in [5, 5.41) is 11.9. The minimum atomic E-state index is 0.644. The van der Waals surface area contributed by atoms with Gasteiger partial charge in [0.25, 0.3) is 0 Å². The van der Waals surface area contributed by atoms with Gasteiger partial charge in [-0.15, -0.1) is 11.3 Å². The Bertz CT molecular complexity index is 3620. The molecule has 0 saturated heterocycles. The second kappa shape index (κ2) is 13.6. The molecular weight excluding hydrogens is 735 g/mol. The van der Waals surface area contributed by atoms with Gasteiger partial charge in [0.2, 0.25) is 0 Å². The van der Waals surface area contributed by atoms with Gasteiger partial charge < -0.3 is 0 Å². The number of aromatic nitrogens is 3. The lowest BCUT2D eigenvalue weighted by Gasteiger charge is -2.16. The fraction of sp³-hybridized carbons (Fsp3) is 0. The second-order valence-electron chi connectivity index (χ2n) is 15.1. The zero-order valence-corrected chi connectivity index (χ0v) is 32.6. The molecule has 4 heteroatoms. The lowest BCUT2D eigenvalue weighted by molar-refractivity contribution is 1.08. The van der Waals surface area contributed by atoms with Crippen LogP contribution in [0.2, 0.25) is 0 Å². The van der Waals surface area contributed by atoms with E-state index >= 15 is 0 Å². The summed E-state index contributed by atoms with van der Waals surface area (Å²) in [5.41, 5.74) is 7.68. The molecule has 0 spiro atoms. The summed E-state index contributed by atoms with van der Waals surface area (Å²) in [6, 6.07) is 71.6. The Balaban J connectivity index is 1.12. The van der Waals surface area contributed by atoms with Crippen LogP contribution in [0, 0.1) is 0 Å². The van der Waals surface area contributed by atoms with E-state index in [0.717, 1.165) is 38.2 Å². The number of nitrogens with zero attached hydrogens (tertiary/aromatic N) is 3. The topological polar surface area (TPSA) is 38.7 Å². The van der Waals surface area contributed by atoms with Gasteiger partial charge >= 0.3 is 0 Å². The standard InChI is InChI=1S/C55H33N3S/c1-2-15-34(16-3-1)37-29-31-47(41-22-9-6-20-39(37)41)53-56-54(58-55(57-53)49-27-14-26-46-45-25-12-13-28-51(45)59-52(46)49)48-32-30-44(40-21-8-10-23-42(40)48)50-33-35-17-4-5-18-36(35)38-19-7-11-24-43(38)50/h1-33H. The number of hydrogen-bond donors (Lipinski definition) is 0. The molecule has 0 saturated carbocycles. The third-order valence-electron chi connectivity index (χ3n) is 11.8. The fourth-order valence-corrected chi connectivity index (χ4v) is 10.2. The van der Waals surface area contributed by atoms with Crippen molar-refractivity contribution in [2.24, 2.45) is 0 Å². The minimum Gasteiger partial charge on any atom is -0.208 e. The Kier molecular flexibility index (Phi) is 7.72. The van der Waals surface area contributed by atoms with Gasteiger partial charge in [0.15, 0.2) is 17.5 Å². The highest BCUT2D eigenvalue weighted by atomic mass is 32.1. The molecule has 0 unspecified atom stereocenters. The first-order valence-corrected chi connectivity index (χ1v) is 20.8. The Morgan fingerprint density at radius 2 is 0.729 bits per heavy atom. The Labute approximate surface area is 344 Å². The van der Waals surface area contributed by atoms with Crippen LogP contribution < -0.4 is 0 Å². The molecule has 0 amide bonds. The maximum Gasteiger partial charge on any atom is 0.165 e. The van der Waals surface area contributed by atoms with Crippen molar-refractivity contribution in [2.75, 3.05) is 0 Å². The van der Waals surface area contributed by atoms with E-state index in [-0.39, 0.29) is 0 Å². The van der Waals surface area contributed by atoms with Gasteiger partial charge in [-0.1, -0.05) is 170 Å². The first-order chi connectivity index (χ1) is 29.3. The molecule has 12 aromatic rings. The molecular formula is C55H33N3S. The molecule has 2 aromatic heterocycles. The van der Waals surface area contributed by atoms with Gasteiger partial charge in [-0.3, -0.25) is 0 Å². The minimum absolute atomic E-state index is 0.644. The van der Waals surface area contributed by atoms with Crippen molar-refractivity contribution in [3.63, 3.8) is 0 Å². The molecule has 0 aliphatic heterocycles. The normalized spacial score (nSPS) is 11.7. The molecule has 0 N–H and O–H groups in total. The van der Waals surface area contributed by atoms with Crippen LogP contribution in [0.1, 0.15) is 0 Å². The molecule has 0 bridgehead atoms. The third-order valence-corrected chi connectivity index (χ3v) is 13.0. The van der Waals surface area contributed by atoms with Gasteiger partial charge in [0, 0.05) is 36.9 Å². The molecule has 59 heavy (non-hydrogen) atoms. The summed E-state index contributed by atoms with van der Waals surface area (Å²) in [4.78, 5) is 16.2. The quantitative estimate of drug-likeness (QED) is 0.164. The Hall–Kier alpha value is -7.53. The second-order valence-corrected chi connectivity index (χ2v) is 16.1. The predicted octanol–water partition coefficient (Wildman–Crippen LogP) is 15.2. The number of benzene rings is 10. The van der Waals surface area contributed by atoms with Gasteiger partial charge in [-0.05, 0) is 95.7 Å². The molecule has 10 aromatic carbocycles. The van der Waals surface area contributed by atoms with Crippen molar-refractivity contribution >= 4 is 74.6 Å². The highest BCUT2D eigenvalue weighted by Crippen LogP contribution is 2.43. The van der Waals surface area contributed by atoms with Gasteiger partial charge in [-0.25, -0.2) is 15.0 Å². The van der Waals surface area contributed by atoms with Crippen molar-refractivity contribution in [3.05, 3.63) is 200 Å².